The van der Waals surface area contributed by atoms with E-state index in [1.165, 1.54) is 71.9 Å². The Bertz CT molecular complexity index is 3010. The van der Waals surface area contributed by atoms with Crippen molar-refractivity contribution in [1.29, 1.82) is 0 Å². The van der Waals surface area contributed by atoms with Gasteiger partial charge in [-0.05, 0) is 120 Å². The van der Waals surface area contributed by atoms with E-state index >= 15 is 0 Å². The van der Waals surface area contributed by atoms with Gasteiger partial charge in [-0.1, -0.05) is 126 Å². The number of hydrogen-bond acceptors (Lipinski definition) is 1. The molecule has 0 radical (unpaired) electrons. The number of furan rings is 1. The van der Waals surface area contributed by atoms with Crippen LogP contribution in [-0.2, 0) is 0 Å². The Hall–Kier alpha value is -6.64. The van der Waals surface area contributed by atoms with Crippen molar-refractivity contribution >= 4 is 43.7 Å². The zero-order valence-corrected chi connectivity index (χ0v) is 30.0. The van der Waals surface area contributed by atoms with E-state index in [9.17, 15) is 0 Å². The predicted molar refractivity (Wildman–Crippen MR) is 224 cm³/mol. The van der Waals surface area contributed by atoms with E-state index in [2.05, 4.69) is 189 Å². The van der Waals surface area contributed by atoms with Crippen LogP contribution >= 0.6 is 0 Å². The second kappa shape index (κ2) is 12.3. The Morgan fingerprint density at radius 3 is 1.77 bits per heavy atom. The molecule has 0 N–H and O–H groups in total. The van der Waals surface area contributed by atoms with E-state index in [0.29, 0.717) is 0 Å². The summed E-state index contributed by atoms with van der Waals surface area (Å²) in [4.78, 5) is 0. The van der Waals surface area contributed by atoms with Gasteiger partial charge < -0.3 is 8.98 Å². The number of benzene rings is 8. The number of aryl methyl sites for hydroxylation is 3. The van der Waals surface area contributed by atoms with E-state index in [1.807, 2.05) is 6.07 Å². The fraction of sp³-hybridized carbons (Fsp3) is 0.0588. The van der Waals surface area contributed by atoms with Crippen molar-refractivity contribution < 1.29 is 4.42 Å². The standard InChI is InChI=1S/C51H37NO/c1-32-9-7-12-37(25-32)38-18-23-49-46(30-38)45-28-33(2)15-22-48(45)52(49)42-20-16-35(17-21-42)40-26-34(3)27-41(29-40)39-19-24-50-47(31-39)44-14-8-13-43(51(44)53-50)36-10-5-4-6-11-36/h4-31H,1-3H3. The average molecular weight is 680 g/mol. The number of aromatic nitrogens is 1. The summed E-state index contributed by atoms with van der Waals surface area (Å²) in [5, 5.41) is 4.82. The predicted octanol–water partition coefficient (Wildman–Crippen LogP) is 14.3. The van der Waals surface area contributed by atoms with Crippen LogP contribution in [0.3, 0.4) is 0 Å². The minimum absolute atomic E-state index is 0.905. The van der Waals surface area contributed by atoms with Gasteiger partial charge in [0.2, 0.25) is 0 Å². The molecule has 0 aliphatic rings. The molecular formula is C51H37NO. The molecule has 0 aliphatic heterocycles. The van der Waals surface area contributed by atoms with Crippen LogP contribution in [0.25, 0.3) is 93.9 Å². The maximum absolute atomic E-state index is 6.48. The highest BCUT2D eigenvalue weighted by Crippen LogP contribution is 2.39. The molecule has 0 aliphatic carbocycles. The lowest BCUT2D eigenvalue weighted by Gasteiger charge is -2.12. The topological polar surface area (TPSA) is 18.1 Å². The van der Waals surface area contributed by atoms with Gasteiger partial charge in [0.1, 0.15) is 11.2 Å². The SMILES string of the molecule is Cc1cccc(-c2ccc3c(c2)c2cc(C)ccc2n3-c2ccc(-c3cc(C)cc(-c4ccc5oc6c(-c7ccccc7)cccc6c5c4)c3)cc2)c1. The molecule has 0 amide bonds. The normalized spacial score (nSPS) is 11.7. The van der Waals surface area contributed by atoms with Crippen LogP contribution < -0.4 is 0 Å². The van der Waals surface area contributed by atoms with Crippen molar-refractivity contribution in [1.82, 2.24) is 4.57 Å². The molecule has 0 spiro atoms. The number of fused-ring (bicyclic) bond motifs is 6. The first-order chi connectivity index (χ1) is 26.0. The lowest BCUT2D eigenvalue weighted by atomic mass is 9.95. The number of para-hydroxylation sites is 1. The molecule has 0 saturated heterocycles. The third-order valence-corrected chi connectivity index (χ3v) is 10.7. The maximum Gasteiger partial charge on any atom is 0.143 e. The Kier molecular flexibility index (Phi) is 7.19. The first kappa shape index (κ1) is 31.1. The van der Waals surface area contributed by atoms with Gasteiger partial charge in [-0.2, -0.15) is 0 Å². The lowest BCUT2D eigenvalue weighted by Crippen LogP contribution is -1.94. The lowest BCUT2D eigenvalue weighted by molar-refractivity contribution is 0.670. The molecule has 0 bridgehead atoms. The summed E-state index contributed by atoms with van der Waals surface area (Å²) in [6.45, 7) is 6.51. The van der Waals surface area contributed by atoms with E-state index in [-0.39, 0.29) is 0 Å². The van der Waals surface area contributed by atoms with Crippen molar-refractivity contribution in [3.63, 3.8) is 0 Å². The van der Waals surface area contributed by atoms with Crippen LogP contribution in [-0.4, -0.2) is 4.57 Å². The number of rotatable bonds is 5. The Balaban J connectivity index is 1.03. The molecule has 2 nitrogen and oxygen atoms in total. The van der Waals surface area contributed by atoms with Crippen molar-refractivity contribution in [3.05, 3.63) is 187 Å². The largest absolute Gasteiger partial charge is 0.455 e. The van der Waals surface area contributed by atoms with Crippen molar-refractivity contribution in [2.45, 2.75) is 20.8 Å². The maximum atomic E-state index is 6.48. The molecule has 10 rings (SSSR count). The van der Waals surface area contributed by atoms with E-state index in [4.69, 9.17) is 4.42 Å². The van der Waals surface area contributed by atoms with Crippen LogP contribution in [0.4, 0.5) is 0 Å². The molecule has 2 heterocycles. The molecule has 8 aromatic carbocycles. The molecule has 10 aromatic rings. The summed E-state index contributed by atoms with van der Waals surface area (Å²) in [6.07, 6.45) is 0. The van der Waals surface area contributed by atoms with E-state index in [0.717, 1.165) is 38.8 Å². The van der Waals surface area contributed by atoms with Gasteiger partial charge in [0.25, 0.3) is 0 Å². The summed E-state index contributed by atoms with van der Waals surface area (Å²) in [5.41, 5.74) is 18.7. The van der Waals surface area contributed by atoms with Crippen LogP contribution in [0.5, 0.6) is 0 Å². The Labute approximate surface area is 309 Å². The monoisotopic (exact) mass is 679 g/mol. The molecule has 0 unspecified atom stereocenters. The molecule has 0 fully saturated rings. The fourth-order valence-corrected chi connectivity index (χ4v) is 8.16. The van der Waals surface area contributed by atoms with Crippen LogP contribution in [0.1, 0.15) is 16.7 Å². The van der Waals surface area contributed by atoms with Crippen molar-refractivity contribution in [2.24, 2.45) is 0 Å². The second-order valence-corrected chi connectivity index (χ2v) is 14.5. The molecule has 0 atom stereocenters. The Morgan fingerprint density at radius 1 is 0.358 bits per heavy atom. The van der Waals surface area contributed by atoms with Crippen LogP contribution in [0, 0.1) is 20.8 Å². The third-order valence-electron chi connectivity index (χ3n) is 10.7. The zero-order valence-electron chi connectivity index (χ0n) is 30.0. The number of hydrogen-bond donors (Lipinski definition) is 0. The molecule has 0 saturated carbocycles. The minimum atomic E-state index is 0.905. The molecule has 53 heavy (non-hydrogen) atoms. The van der Waals surface area contributed by atoms with Gasteiger partial charge in [-0.25, -0.2) is 0 Å². The molecule has 252 valence electrons. The van der Waals surface area contributed by atoms with Gasteiger partial charge in [0, 0.05) is 32.8 Å². The van der Waals surface area contributed by atoms with Crippen molar-refractivity contribution in [3.8, 4) is 50.2 Å². The van der Waals surface area contributed by atoms with Gasteiger partial charge >= 0.3 is 0 Å². The van der Waals surface area contributed by atoms with Gasteiger partial charge in [0.15, 0.2) is 0 Å². The number of nitrogens with zero attached hydrogens (tertiary/aromatic N) is 1. The average Bonchev–Trinajstić information content (AvgIpc) is 3.73. The first-order valence-corrected chi connectivity index (χ1v) is 18.3. The summed E-state index contributed by atoms with van der Waals surface area (Å²) in [7, 11) is 0. The highest BCUT2D eigenvalue weighted by molar-refractivity contribution is 6.12. The third kappa shape index (κ3) is 5.34. The second-order valence-electron chi connectivity index (χ2n) is 14.5. The fourth-order valence-electron chi connectivity index (χ4n) is 8.16. The summed E-state index contributed by atoms with van der Waals surface area (Å²) >= 11 is 0. The molecule has 2 heteroatoms. The van der Waals surface area contributed by atoms with Crippen molar-refractivity contribution in [2.75, 3.05) is 0 Å². The molecular weight excluding hydrogens is 643 g/mol. The Morgan fingerprint density at radius 2 is 0.962 bits per heavy atom. The van der Waals surface area contributed by atoms with Gasteiger partial charge in [-0.15, -0.1) is 0 Å². The summed E-state index contributed by atoms with van der Waals surface area (Å²) in [6, 6.07) is 61.9. The molecule has 2 aromatic heterocycles. The minimum Gasteiger partial charge on any atom is -0.455 e. The smallest absolute Gasteiger partial charge is 0.143 e. The van der Waals surface area contributed by atoms with Gasteiger partial charge in [-0.3, -0.25) is 0 Å². The van der Waals surface area contributed by atoms with Gasteiger partial charge in [0.05, 0.1) is 11.0 Å². The quantitative estimate of drug-likeness (QED) is 0.177. The highest BCUT2D eigenvalue weighted by Gasteiger charge is 2.16. The summed E-state index contributed by atoms with van der Waals surface area (Å²) < 4.78 is 8.88. The highest BCUT2D eigenvalue weighted by atomic mass is 16.3. The van der Waals surface area contributed by atoms with E-state index in [1.54, 1.807) is 0 Å². The van der Waals surface area contributed by atoms with E-state index < -0.39 is 0 Å². The summed E-state index contributed by atoms with van der Waals surface area (Å²) in [5.74, 6) is 0. The zero-order chi connectivity index (χ0) is 35.6. The van der Waals surface area contributed by atoms with Crippen LogP contribution in [0.15, 0.2) is 174 Å². The first-order valence-electron chi connectivity index (χ1n) is 18.3. The van der Waals surface area contributed by atoms with Crippen LogP contribution in [0.2, 0.25) is 0 Å².